The highest BCUT2D eigenvalue weighted by molar-refractivity contribution is 6.29. The lowest BCUT2D eigenvalue weighted by Gasteiger charge is -2.18. The van der Waals surface area contributed by atoms with Gasteiger partial charge >= 0.3 is 0 Å². The first-order valence-corrected chi connectivity index (χ1v) is 18.5. The molecule has 10 rings (SSSR count). The van der Waals surface area contributed by atoms with Crippen molar-refractivity contribution >= 4 is 32.3 Å². The van der Waals surface area contributed by atoms with Gasteiger partial charge in [-0.1, -0.05) is 188 Å². The average molecular weight is 686 g/mol. The quantitative estimate of drug-likeness (QED) is 0.159. The van der Waals surface area contributed by atoms with Crippen LogP contribution in [0.15, 0.2) is 212 Å². The molecule has 0 saturated carbocycles. The van der Waals surface area contributed by atoms with Crippen molar-refractivity contribution in [1.82, 2.24) is 4.98 Å². The lowest BCUT2D eigenvalue weighted by molar-refractivity contribution is 1.33. The minimum absolute atomic E-state index is 0.956. The van der Waals surface area contributed by atoms with Crippen molar-refractivity contribution < 1.29 is 0 Å². The van der Waals surface area contributed by atoms with E-state index in [-0.39, 0.29) is 0 Å². The van der Waals surface area contributed by atoms with E-state index in [1.54, 1.807) is 0 Å². The Kier molecular flexibility index (Phi) is 7.89. The molecule has 0 spiro atoms. The lowest BCUT2D eigenvalue weighted by Crippen LogP contribution is -1.94. The van der Waals surface area contributed by atoms with Crippen LogP contribution in [-0.4, -0.2) is 4.98 Å². The fourth-order valence-corrected chi connectivity index (χ4v) is 7.97. The van der Waals surface area contributed by atoms with Crippen LogP contribution in [0.5, 0.6) is 0 Å². The maximum Gasteiger partial charge on any atom is 0.0722 e. The summed E-state index contributed by atoms with van der Waals surface area (Å²) in [6.07, 6.45) is 0. The monoisotopic (exact) mass is 685 g/mol. The first-order valence-electron chi connectivity index (χ1n) is 18.5. The van der Waals surface area contributed by atoms with E-state index >= 15 is 0 Å². The smallest absolute Gasteiger partial charge is 0.0722 e. The topological polar surface area (TPSA) is 12.9 Å². The molecule has 0 bridgehead atoms. The number of rotatable bonds is 6. The predicted octanol–water partition coefficient (Wildman–Crippen LogP) is 14.5. The van der Waals surface area contributed by atoms with Crippen molar-refractivity contribution in [2.75, 3.05) is 0 Å². The Morgan fingerprint density at radius 3 is 1.11 bits per heavy atom. The van der Waals surface area contributed by atoms with Gasteiger partial charge < -0.3 is 0 Å². The van der Waals surface area contributed by atoms with E-state index in [2.05, 4.69) is 212 Å². The van der Waals surface area contributed by atoms with E-state index in [9.17, 15) is 0 Å². The number of aromatic nitrogens is 1. The standard InChI is InChI=1S/C53H35N/c1-4-14-36(15-5-1)38-24-26-39(27-25-38)40-28-30-41(31-29-40)43-32-49-47-22-11-10-20-45(47)46-21-12-13-23-48(46)53(49)50(33-43)52-35-44(37-16-6-2-7-17-37)34-51(54-52)42-18-8-3-9-19-42/h1-35H. The third-order valence-electron chi connectivity index (χ3n) is 10.7. The summed E-state index contributed by atoms with van der Waals surface area (Å²) in [5.74, 6) is 0. The summed E-state index contributed by atoms with van der Waals surface area (Å²) >= 11 is 0. The number of hydrogen-bond donors (Lipinski definition) is 0. The Bertz CT molecular complexity index is 2870. The number of benzene rings is 9. The lowest BCUT2D eigenvalue weighted by atomic mass is 9.87. The maximum absolute atomic E-state index is 5.45. The number of pyridine rings is 1. The summed E-state index contributed by atoms with van der Waals surface area (Å²) in [5.41, 5.74) is 13.6. The second-order valence-corrected chi connectivity index (χ2v) is 13.9. The van der Waals surface area contributed by atoms with Crippen molar-refractivity contribution in [3.63, 3.8) is 0 Å². The first-order chi connectivity index (χ1) is 26.8. The van der Waals surface area contributed by atoms with Gasteiger partial charge in [0.1, 0.15) is 0 Å². The molecule has 0 amide bonds. The first kappa shape index (κ1) is 31.6. The second kappa shape index (κ2) is 13.5. The van der Waals surface area contributed by atoms with E-state index in [0.29, 0.717) is 0 Å². The summed E-state index contributed by atoms with van der Waals surface area (Å²) in [4.78, 5) is 5.45. The molecule has 0 aliphatic carbocycles. The van der Waals surface area contributed by atoms with Gasteiger partial charge in [0, 0.05) is 11.1 Å². The van der Waals surface area contributed by atoms with Gasteiger partial charge in [0.05, 0.1) is 11.4 Å². The fraction of sp³-hybridized carbons (Fsp3) is 0. The van der Waals surface area contributed by atoms with Gasteiger partial charge in [-0.15, -0.1) is 0 Å². The van der Waals surface area contributed by atoms with Crippen LogP contribution in [0.3, 0.4) is 0 Å². The number of fused-ring (bicyclic) bond motifs is 6. The zero-order chi connectivity index (χ0) is 35.8. The second-order valence-electron chi connectivity index (χ2n) is 13.9. The molecule has 252 valence electrons. The van der Waals surface area contributed by atoms with Gasteiger partial charge in [0.15, 0.2) is 0 Å². The molecule has 0 radical (unpaired) electrons. The molecule has 0 unspecified atom stereocenters. The highest BCUT2D eigenvalue weighted by atomic mass is 14.7. The molecular weight excluding hydrogens is 651 g/mol. The van der Waals surface area contributed by atoms with Crippen LogP contribution in [0.1, 0.15) is 0 Å². The Balaban J connectivity index is 1.19. The van der Waals surface area contributed by atoms with E-state index in [4.69, 9.17) is 4.98 Å². The summed E-state index contributed by atoms with van der Waals surface area (Å²) in [6.45, 7) is 0. The predicted molar refractivity (Wildman–Crippen MR) is 229 cm³/mol. The van der Waals surface area contributed by atoms with Gasteiger partial charge in [-0.25, -0.2) is 4.98 Å². The van der Waals surface area contributed by atoms with Crippen molar-refractivity contribution in [1.29, 1.82) is 0 Å². The molecule has 1 heteroatoms. The zero-order valence-electron chi connectivity index (χ0n) is 29.7. The van der Waals surface area contributed by atoms with E-state index in [0.717, 1.165) is 33.6 Å². The van der Waals surface area contributed by atoms with Crippen molar-refractivity contribution in [3.05, 3.63) is 212 Å². The number of nitrogens with zero attached hydrogens (tertiary/aromatic N) is 1. The maximum atomic E-state index is 5.45. The largest absolute Gasteiger partial charge is 0.248 e. The molecule has 1 nitrogen and oxygen atoms in total. The molecule has 0 N–H and O–H groups in total. The Morgan fingerprint density at radius 1 is 0.222 bits per heavy atom. The Morgan fingerprint density at radius 2 is 0.574 bits per heavy atom. The third-order valence-corrected chi connectivity index (χ3v) is 10.7. The molecule has 0 atom stereocenters. The highest BCUT2D eigenvalue weighted by Crippen LogP contribution is 2.44. The van der Waals surface area contributed by atoms with Crippen LogP contribution < -0.4 is 0 Å². The normalized spacial score (nSPS) is 11.3. The Hall–Kier alpha value is -7.09. The summed E-state index contributed by atoms with van der Waals surface area (Å²) in [7, 11) is 0. The minimum atomic E-state index is 0.956. The molecule has 10 aromatic rings. The van der Waals surface area contributed by atoms with Crippen molar-refractivity contribution in [3.8, 4) is 67.0 Å². The van der Waals surface area contributed by atoms with E-state index in [1.165, 1.54) is 65.7 Å². The number of hydrogen-bond acceptors (Lipinski definition) is 1. The van der Waals surface area contributed by atoms with Gasteiger partial charge in [0.25, 0.3) is 0 Å². The van der Waals surface area contributed by atoms with Crippen molar-refractivity contribution in [2.45, 2.75) is 0 Å². The van der Waals surface area contributed by atoms with Crippen LogP contribution in [0.25, 0.3) is 99.3 Å². The fourth-order valence-electron chi connectivity index (χ4n) is 7.97. The molecule has 0 aliphatic rings. The van der Waals surface area contributed by atoms with E-state index in [1.807, 2.05) is 0 Å². The van der Waals surface area contributed by atoms with E-state index < -0.39 is 0 Å². The zero-order valence-corrected chi connectivity index (χ0v) is 29.7. The van der Waals surface area contributed by atoms with Gasteiger partial charge in [-0.05, 0) is 101 Å². The van der Waals surface area contributed by atoms with Gasteiger partial charge in [-0.3, -0.25) is 0 Å². The molecule has 0 aliphatic heterocycles. The summed E-state index contributed by atoms with van der Waals surface area (Å²) < 4.78 is 0. The summed E-state index contributed by atoms with van der Waals surface area (Å²) in [6, 6.07) is 76.5. The van der Waals surface area contributed by atoms with Crippen LogP contribution in [0.2, 0.25) is 0 Å². The molecule has 1 heterocycles. The van der Waals surface area contributed by atoms with Gasteiger partial charge in [0.2, 0.25) is 0 Å². The van der Waals surface area contributed by atoms with Crippen molar-refractivity contribution in [2.24, 2.45) is 0 Å². The molecule has 0 fully saturated rings. The molecule has 0 saturated heterocycles. The molecule has 54 heavy (non-hydrogen) atoms. The highest BCUT2D eigenvalue weighted by Gasteiger charge is 2.18. The summed E-state index contributed by atoms with van der Waals surface area (Å²) in [5, 5.41) is 7.43. The SMILES string of the molecule is c1ccc(-c2ccc(-c3ccc(-c4cc(-c5cc(-c6ccccc6)cc(-c6ccccc6)n5)c5c6ccccc6c6ccccc6c5c4)cc3)cc2)cc1. The average Bonchev–Trinajstić information content (AvgIpc) is 3.27. The Labute approximate surface area is 315 Å². The van der Waals surface area contributed by atoms with Gasteiger partial charge in [-0.2, -0.15) is 0 Å². The van der Waals surface area contributed by atoms with Crippen LogP contribution in [-0.2, 0) is 0 Å². The molecular formula is C53H35N. The van der Waals surface area contributed by atoms with Crippen LogP contribution in [0, 0.1) is 0 Å². The van der Waals surface area contributed by atoms with Crippen LogP contribution >= 0.6 is 0 Å². The third kappa shape index (κ3) is 5.73. The minimum Gasteiger partial charge on any atom is -0.248 e. The molecule has 9 aromatic carbocycles. The molecule has 1 aromatic heterocycles. The van der Waals surface area contributed by atoms with Crippen LogP contribution in [0.4, 0.5) is 0 Å².